The first-order valence-corrected chi connectivity index (χ1v) is 11.2. The van der Waals surface area contributed by atoms with Crippen molar-refractivity contribution < 1.29 is 4.74 Å². The van der Waals surface area contributed by atoms with Crippen LogP contribution in [0.1, 0.15) is 52.3 Å². The molecule has 8 heteroatoms. The van der Waals surface area contributed by atoms with Gasteiger partial charge in [0.15, 0.2) is 5.65 Å². The first kappa shape index (κ1) is 21.0. The topological polar surface area (TPSA) is 79.0 Å². The van der Waals surface area contributed by atoms with Crippen molar-refractivity contribution >= 4 is 22.8 Å². The predicted octanol–water partition coefficient (Wildman–Crippen LogP) is 2.76. The van der Waals surface area contributed by atoms with Gasteiger partial charge in [-0.2, -0.15) is 0 Å². The monoisotopic (exact) mass is 406 g/mol. The molecule has 0 bridgehead atoms. The van der Waals surface area contributed by atoms with Crippen LogP contribution in [0.25, 0.3) is 11.0 Å². The van der Waals surface area contributed by atoms with Crippen molar-refractivity contribution in [2.24, 2.45) is 13.0 Å². The second kappa shape index (κ2) is 9.22. The Labute approximate surface area is 169 Å². The fourth-order valence-corrected chi connectivity index (χ4v) is 4.58. The van der Waals surface area contributed by atoms with Crippen LogP contribution >= 0.6 is 11.8 Å². The number of thioether (sulfide) groups is 1. The minimum atomic E-state index is -0.324. The van der Waals surface area contributed by atoms with Gasteiger partial charge in [-0.25, -0.2) is 14.8 Å². The zero-order valence-electron chi connectivity index (χ0n) is 17.2. The summed E-state index contributed by atoms with van der Waals surface area (Å²) in [4.78, 5) is 35.0. The van der Waals surface area contributed by atoms with E-state index in [1.165, 1.54) is 18.0 Å². The Morgan fingerprint density at radius 1 is 1.25 bits per heavy atom. The Bertz CT molecular complexity index is 945. The SMILES string of the molecule is CCCn1c(=O)n(C)c(=O)c2c(SC[C@@H]3CCCCO3)nc(CC(C)C)nc21. The minimum absolute atomic E-state index is 0.183. The summed E-state index contributed by atoms with van der Waals surface area (Å²) in [5, 5.41) is 1.11. The van der Waals surface area contributed by atoms with Crippen LogP contribution in [0.15, 0.2) is 14.6 Å². The molecule has 1 aliphatic heterocycles. The molecule has 7 nitrogen and oxygen atoms in total. The van der Waals surface area contributed by atoms with Crippen molar-refractivity contribution in [1.82, 2.24) is 19.1 Å². The maximum Gasteiger partial charge on any atom is 0.332 e. The van der Waals surface area contributed by atoms with E-state index in [1.54, 1.807) is 16.3 Å². The molecule has 28 heavy (non-hydrogen) atoms. The summed E-state index contributed by atoms with van der Waals surface area (Å²) in [5.74, 6) is 1.82. The van der Waals surface area contributed by atoms with Gasteiger partial charge in [0.2, 0.25) is 0 Å². The largest absolute Gasteiger partial charge is 0.377 e. The van der Waals surface area contributed by atoms with Crippen molar-refractivity contribution in [3.8, 4) is 0 Å². The fourth-order valence-electron chi connectivity index (χ4n) is 3.48. The van der Waals surface area contributed by atoms with Gasteiger partial charge in [-0.3, -0.25) is 13.9 Å². The van der Waals surface area contributed by atoms with Crippen LogP contribution in [0.2, 0.25) is 0 Å². The molecule has 3 rings (SSSR count). The molecule has 2 aromatic rings. The Balaban J connectivity index is 2.13. The number of fused-ring (bicyclic) bond motifs is 1. The van der Waals surface area contributed by atoms with E-state index in [0.29, 0.717) is 40.8 Å². The average molecular weight is 407 g/mol. The van der Waals surface area contributed by atoms with E-state index < -0.39 is 0 Å². The third-order valence-corrected chi connectivity index (χ3v) is 6.02. The van der Waals surface area contributed by atoms with Crippen LogP contribution in [0.3, 0.4) is 0 Å². The molecule has 1 saturated heterocycles. The molecule has 1 aliphatic rings. The quantitative estimate of drug-likeness (QED) is 0.520. The van der Waals surface area contributed by atoms with Crippen LogP contribution in [0.4, 0.5) is 0 Å². The van der Waals surface area contributed by atoms with E-state index in [1.807, 2.05) is 6.92 Å². The molecule has 3 heterocycles. The van der Waals surface area contributed by atoms with E-state index in [4.69, 9.17) is 9.72 Å². The van der Waals surface area contributed by atoms with E-state index in [-0.39, 0.29) is 17.4 Å². The molecular weight excluding hydrogens is 376 g/mol. The molecule has 1 atom stereocenters. The second-order valence-electron chi connectivity index (χ2n) is 7.84. The van der Waals surface area contributed by atoms with E-state index >= 15 is 0 Å². The summed E-state index contributed by atoms with van der Waals surface area (Å²) < 4.78 is 8.62. The lowest BCUT2D eigenvalue weighted by Gasteiger charge is -2.22. The Kier molecular flexibility index (Phi) is 6.93. The number of aromatic nitrogens is 4. The smallest absolute Gasteiger partial charge is 0.332 e. The molecule has 2 aromatic heterocycles. The molecule has 154 valence electrons. The summed E-state index contributed by atoms with van der Waals surface area (Å²) in [7, 11) is 1.52. The molecule has 0 N–H and O–H groups in total. The number of nitrogens with zero attached hydrogens (tertiary/aromatic N) is 4. The molecule has 0 spiro atoms. The molecule has 0 radical (unpaired) electrons. The van der Waals surface area contributed by atoms with Gasteiger partial charge in [-0.05, 0) is 31.6 Å². The number of aryl methyl sites for hydroxylation is 1. The van der Waals surface area contributed by atoms with Gasteiger partial charge < -0.3 is 4.74 Å². The van der Waals surface area contributed by atoms with Gasteiger partial charge in [0, 0.05) is 32.4 Å². The van der Waals surface area contributed by atoms with Crippen LogP contribution in [0, 0.1) is 5.92 Å². The van der Waals surface area contributed by atoms with Crippen LogP contribution in [0.5, 0.6) is 0 Å². The lowest BCUT2D eigenvalue weighted by atomic mass is 10.1. The minimum Gasteiger partial charge on any atom is -0.377 e. The highest BCUT2D eigenvalue weighted by Crippen LogP contribution is 2.26. The molecule has 0 saturated carbocycles. The fraction of sp³-hybridized carbons (Fsp3) is 0.700. The Morgan fingerprint density at radius 3 is 2.68 bits per heavy atom. The highest BCUT2D eigenvalue weighted by atomic mass is 32.2. The average Bonchev–Trinajstić information content (AvgIpc) is 2.68. The summed E-state index contributed by atoms with van der Waals surface area (Å²) in [6.07, 6.45) is 5.00. The summed E-state index contributed by atoms with van der Waals surface area (Å²) >= 11 is 1.55. The molecule has 0 amide bonds. The van der Waals surface area contributed by atoms with Gasteiger partial charge in [-0.15, -0.1) is 11.8 Å². The van der Waals surface area contributed by atoms with Gasteiger partial charge >= 0.3 is 5.69 Å². The van der Waals surface area contributed by atoms with Gasteiger partial charge in [0.25, 0.3) is 5.56 Å². The predicted molar refractivity (Wildman–Crippen MR) is 112 cm³/mol. The summed E-state index contributed by atoms with van der Waals surface area (Å²) in [6, 6.07) is 0. The second-order valence-corrected chi connectivity index (χ2v) is 8.85. The summed E-state index contributed by atoms with van der Waals surface area (Å²) in [5.41, 5.74) is -0.178. The zero-order valence-corrected chi connectivity index (χ0v) is 18.0. The molecule has 1 fully saturated rings. The number of rotatable bonds is 7. The molecule has 0 unspecified atom stereocenters. The van der Waals surface area contributed by atoms with Crippen LogP contribution < -0.4 is 11.2 Å². The van der Waals surface area contributed by atoms with Crippen molar-refractivity contribution in [3.05, 3.63) is 26.7 Å². The van der Waals surface area contributed by atoms with Gasteiger partial charge in [0.05, 0.1) is 6.10 Å². The normalized spacial score (nSPS) is 17.5. The van der Waals surface area contributed by atoms with E-state index in [9.17, 15) is 9.59 Å². The van der Waals surface area contributed by atoms with E-state index in [0.717, 1.165) is 31.6 Å². The van der Waals surface area contributed by atoms with Gasteiger partial charge in [-0.1, -0.05) is 20.8 Å². The maximum absolute atomic E-state index is 12.9. The Morgan fingerprint density at radius 2 is 2.04 bits per heavy atom. The number of hydrogen-bond donors (Lipinski definition) is 0. The lowest BCUT2D eigenvalue weighted by molar-refractivity contribution is 0.0315. The highest BCUT2D eigenvalue weighted by molar-refractivity contribution is 7.99. The van der Waals surface area contributed by atoms with E-state index in [2.05, 4.69) is 18.8 Å². The lowest BCUT2D eigenvalue weighted by Crippen LogP contribution is -2.39. The molecule has 0 aromatic carbocycles. The third-order valence-electron chi connectivity index (χ3n) is 4.91. The molecular formula is C20H30N4O3S. The maximum atomic E-state index is 12.9. The zero-order chi connectivity index (χ0) is 20.3. The number of ether oxygens (including phenoxy) is 1. The van der Waals surface area contributed by atoms with Crippen molar-refractivity contribution in [2.45, 2.75) is 70.6 Å². The van der Waals surface area contributed by atoms with Gasteiger partial charge in [0.1, 0.15) is 16.2 Å². The van der Waals surface area contributed by atoms with Crippen LogP contribution in [-0.4, -0.2) is 37.6 Å². The summed E-state index contributed by atoms with van der Waals surface area (Å²) in [6.45, 7) is 7.55. The first-order valence-electron chi connectivity index (χ1n) is 10.2. The first-order chi connectivity index (χ1) is 13.4. The van der Waals surface area contributed by atoms with Crippen molar-refractivity contribution in [3.63, 3.8) is 0 Å². The number of hydrogen-bond acceptors (Lipinski definition) is 6. The standard InChI is InChI=1S/C20H30N4O3S/c1-5-9-24-17-16(19(25)23(4)20(24)26)18(22-15(21-17)11-13(2)3)28-12-14-8-6-7-10-27-14/h13-14H,5-12H2,1-4H3/t14-/m0/s1. The van der Waals surface area contributed by atoms with Crippen molar-refractivity contribution in [2.75, 3.05) is 12.4 Å². The van der Waals surface area contributed by atoms with Crippen LogP contribution in [-0.2, 0) is 24.8 Å². The molecule has 0 aliphatic carbocycles. The Hall–Kier alpha value is -1.67. The van der Waals surface area contributed by atoms with Crippen molar-refractivity contribution in [1.29, 1.82) is 0 Å². The third kappa shape index (κ3) is 4.49. The highest BCUT2D eigenvalue weighted by Gasteiger charge is 2.21.